The van der Waals surface area contributed by atoms with Gasteiger partial charge < -0.3 is 10.2 Å². The van der Waals surface area contributed by atoms with E-state index >= 15 is 0 Å². The second-order valence-electron chi connectivity index (χ2n) is 5.79. The van der Waals surface area contributed by atoms with E-state index in [4.69, 9.17) is 0 Å². The molecule has 0 fully saturated rings. The Balaban J connectivity index is 1.91. The van der Waals surface area contributed by atoms with E-state index in [-0.39, 0.29) is 0 Å². The van der Waals surface area contributed by atoms with Gasteiger partial charge in [-0.1, -0.05) is 30.3 Å². The van der Waals surface area contributed by atoms with Crippen LogP contribution in [0.15, 0.2) is 42.5 Å². The summed E-state index contributed by atoms with van der Waals surface area (Å²) < 4.78 is 0. The van der Waals surface area contributed by atoms with Gasteiger partial charge in [-0.3, -0.25) is 0 Å². The van der Waals surface area contributed by atoms with Gasteiger partial charge in [0.05, 0.1) is 11.4 Å². The van der Waals surface area contributed by atoms with E-state index in [0.717, 1.165) is 13.1 Å². The van der Waals surface area contributed by atoms with Crippen molar-refractivity contribution in [1.82, 2.24) is 0 Å². The first-order valence-electron chi connectivity index (χ1n) is 7.31. The van der Waals surface area contributed by atoms with E-state index in [9.17, 15) is 0 Å². The van der Waals surface area contributed by atoms with Crippen LogP contribution in [0.3, 0.4) is 0 Å². The van der Waals surface area contributed by atoms with Crippen molar-refractivity contribution in [3.63, 3.8) is 0 Å². The summed E-state index contributed by atoms with van der Waals surface area (Å²) in [6, 6.07) is 15.9. The Morgan fingerprint density at radius 1 is 1.10 bits per heavy atom. The van der Waals surface area contributed by atoms with Gasteiger partial charge in [0.1, 0.15) is 0 Å². The Labute approximate surface area is 121 Å². The quantitative estimate of drug-likeness (QED) is 0.879. The fourth-order valence-corrected chi connectivity index (χ4v) is 2.82. The van der Waals surface area contributed by atoms with Crippen LogP contribution in [0.2, 0.25) is 0 Å². The van der Waals surface area contributed by atoms with Crippen LogP contribution >= 0.6 is 0 Å². The lowest BCUT2D eigenvalue weighted by Gasteiger charge is -2.37. The van der Waals surface area contributed by atoms with Crippen LogP contribution in [-0.2, 0) is 6.54 Å². The molecule has 0 bridgehead atoms. The minimum absolute atomic E-state index is 0.506. The lowest BCUT2D eigenvalue weighted by Crippen LogP contribution is -2.41. The first-order chi connectivity index (χ1) is 9.65. The van der Waals surface area contributed by atoms with Crippen LogP contribution in [0.25, 0.3) is 0 Å². The molecule has 1 aliphatic heterocycles. The molecule has 0 saturated heterocycles. The second kappa shape index (κ2) is 5.20. The molecule has 2 heteroatoms. The zero-order valence-corrected chi connectivity index (χ0v) is 12.5. The number of hydrogen-bond acceptors (Lipinski definition) is 2. The van der Waals surface area contributed by atoms with E-state index in [0.29, 0.717) is 6.04 Å². The number of hydrogen-bond donors (Lipinski definition) is 1. The molecule has 0 aromatic heterocycles. The summed E-state index contributed by atoms with van der Waals surface area (Å²) in [7, 11) is 0. The minimum Gasteiger partial charge on any atom is -0.381 e. The molecule has 0 aliphatic carbocycles. The average Bonchev–Trinajstić information content (AvgIpc) is 2.46. The molecule has 1 heterocycles. The minimum atomic E-state index is 0.506. The van der Waals surface area contributed by atoms with Crippen LogP contribution < -0.4 is 10.2 Å². The number of rotatable bonds is 2. The molecule has 2 aromatic rings. The maximum Gasteiger partial charge on any atom is 0.0608 e. The zero-order valence-electron chi connectivity index (χ0n) is 12.5. The molecular formula is C18H22N2. The largest absolute Gasteiger partial charge is 0.381 e. The molecule has 0 amide bonds. The molecule has 1 N–H and O–H groups in total. The first-order valence-corrected chi connectivity index (χ1v) is 7.31. The van der Waals surface area contributed by atoms with Gasteiger partial charge in [-0.05, 0) is 49.6 Å². The van der Waals surface area contributed by atoms with E-state index in [1.165, 1.54) is 28.1 Å². The predicted molar refractivity (Wildman–Crippen MR) is 86.5 cm³/mol. The monoisotopic (exact) mass is 266 g/mol. The van der Waals surface area contributed by atoms with Crippen molar-refractivity contribution in [3.05, 3.63) is 59.2 Å². The molecule has 1 unspecified atom stereocenters. The molecule has 1 atom stereocenters. The Kier molecular flexibility index (Phi) is 3.39. The molecular weight excluding hydrogens is 244 g/mol. The third-order valence-corrected chi connectivity index (χ3v) is 4.26. The summed E-state index contributed by atoms with van der Waals surface area (Å²) >= 11 is 0. The van der Waals surface area contributed by atoms with Crippen LogP contribution in [0.5, 0.6) is 0 Å². The summed E-state index contributed by atoms with van der Waals surface area (Å²) in [4.78, 5) is 2.50. The molecule has 0 radical (unpaired) electrons. The molecule has 2 nitrogen and oxygen atoms in total. The summed E-state index contributed by atoms with van der Waals surface area (Å²) in [6.45, 7) is 8.61. The van der Waals surface area contributed by atoms with Crippen molar-refractivity contribution >= 4 is 11.4 Å². The standard InChI is InChI=1S/C18H22N2/c1-13-8-9-16(10-14(13)2)12-20-15(3)11-19-17-6-4-5-7-18(17)20/h4-10,15,19H,11-12H2,1-3H3. The number of para-hydroxylation sites is 2. The summed E-state index contributed by atoms with van der Waals surface area (Å²) in [5, 5.41) is 3.51. The van der Waals surface area contributed by atoms with Crippen molar-refractivity contribution < 1.29 is 0 Å². The van der Waals surface area contributed by atoms with Gasteiger partial charge in [0.2, 0.25) is 0 Å². The number of nitrogens with one attached hydrogen (secondary N) is 1. The predicted octanol–water partition coefficient (Wildman–Crippen LogP) is 4.12. The maximum absolute atomic E-state index is 3.51. The second-order valence-corrected chi connectivity index (χ2v) is 5.79. The normalized spacial score (nSPS) is 17.6. The zero-order chi connectivity index (χ0) is 14.1. The van der Waals surface area contributed by atoms with Crippen LogP contribution in [-0.4, -0.2) is 12.6 Å². The third-order valence-electron chi connectivity index (χ3n) is 4.26. The van der Waals surface area contributed by atoms with Gasteiger partial charge >= 0.3 is 0 Å². The van der Waals surface area contributed by atoms with Gasteiger partial charge in [0.15, 0.2) is 0 Å². The van der Waals surface area contributed by atoms with E-state index in [1.54, 1.807) is 0 Å². The lowest BCUT2D eigenvalue weighted by molar-refractivity contribution is 0.641. The maximum atomic E-state index is 3.51. The highest BCUT2D eigenvalue weighted by atomic mass is 15.2. The van der Waals surface area contributed by atoms with Gasteiger partial charge in [0, 0.05) is 19.1 Å². The van der Waals surface area contributed by atoms with Gasteiger partial charge in [-0.15, -0.1) is 0 Å². The smallest absolute Gasteiger partial charge is 0.0608 e. The number of anilines is 2. The fraction of sp³-hybridized carbons (Fsp3) is 0.333. The molecule has 3 rings (SSSR count). The highest BCUT2D eigenvalue weighted by Crippen LogP contribution is 2.32. The Hall–Kier alpha value is -1.96. The highest BCUT2D eigenvalue weighted by Gasteiger charge is 2.22. The topological polar surface area (TPSA) is 15.3 Å². The number of aryl methyl sites for hydroxylation is 2. The molecule has 1 aliphatic rings. The molecule has 0 saturated carbocycles. The fourth-order valence-electron chi connectivity index (χ4n) is 2.82. The summed E-state index contributed by atoms with van der Waals surface area (Å²) in [6.07, 6.45) is 0. The van der Waals surface area contributed by atoms with E-state index < -0.39 is 0 Å². The lowest BCUT2D eigenvalue weighted by atomic mass is 10.0. The van der Waals surface area contributed by atoms with Crippen molar-refractivity contribution in [2.75, 3.05) is 16.8 Å². The van der Waals surface area contributed by atoms with Crippen molar-refractivity contribution in [2.45, 2.75) is 33.4 Å². The number of benzene rings is 2. The van der Waals surface area contributed by atoms with Crippen LogP contribution in [0.1, 0.15) is 23.6 Å². The molecule has 20 heavy (non-hydrogen) atoms. The van der Waals surface area contributed by atoms with E-state index in [1.807, 2.05) is 0 Å². The Bertz CT molecular complexity index is 619. The summed E-state index contributed by atoms with van der Waals surface area (Å²) in [5.41, 5.74) is 6.68. The molecule has 2 aromatic carbocycles. The first kappa shape index (κ1) is 13.0. The number of fused-ring (bicyclic) bond motifs is 1. The highest BCUT2D eigenvalue weighted by molar-refractivity contribution is 5.72. The molecule has 0 spiro atoms. The Morgan fingerprint density at radius 3 is 2.70 bits per heavy atom. The average molecular weight is 266 g/mol. The van der Waals surface area contributed by atoms with E-state index in [2.05, 4.69) is 73.5 Å². The van der Waals surface area contributed by atoms with Crippen LogP contribution in [0.4, 0.5) is 11.4 Å². The summed E-state index contributed by atoms with van der Waals surface area (Å²) in [5.74, 6) is 0. The van der Waals surface area contributed by atoms with Gasteiger partial charge in [0.25, 0.3) is 0 Å². The van der Waals surface area contributed by atoms with Gasteiger partial charge in [-0.2, -0.15) is 0 Å². The number of nitrogens with zero attached hydrogens (tertiary/aromatic N) is 1. The van der Waals surface area contributed by atoms with Gasteiger partial charge in [-0.25, -0.2) is 0 Å². The Morgan fingerprint density at radius 2 is 1.90 bits per heavy atom. The van der Waals surface area contributed by atoms with Crippen molar-refractivity contribution in [2.24, 2.45) is 0 Å². The van der Waals surface area contributed by atoms with Crippen molar-refractivity contribution in [3.8, 4) is 0 Å². The molecule has 104 valence electrons. The third kappa shape index (κ3) is 2.38. The van der Waals surface area contributed by atoms with Crippen LogP contribution in [0, 0.1) is 13.8 Å². The van der Waals surface area contributed by atoms with Crippen molar-refractivity contribution in [1.29, 1.82) is 0 Å². The SMILES string of the molecule is Cc1ccc(CN2c3ccccc3NCC2C)cc1C.